The maximum atomic E-state index is 13.4. The predicted molar refractivity (Wildman–Crippen MR) is 143 cm³/mol. The van der Waals surface area contributed by atoms with Crippen LogP contribution in [-0.4, -0.2) is 30.1 Å². The SMILES string of the molecule is CCN1C2=C(C(=O)CCC2)C(c2cc(Br)c(OCc3cccc(Cl)c3)c(OC)c2)C2=C1CCCC2=O. The number of Topliss-reactive ketones (excluding diaryl/α,β-unsaturated/α-hetero) is 2. The molecular formula is C29H29BrClNO4. The molecule has 1 aliphatic heterocycles. The summed E-state index contributed by atoms with van der Waals surface area (Å²) in [6.07, 6.45) is 4.44. The van der Waals surface area contributed by atoms with Crippen LogP contribution in [0.5, 0.6) is 11.5 Å². The van der Waals surface area contributed by atoms with E-state index in [9.17, 15) is 9.59 Å². The molecule has 36 heavy (non-hydrogen) atoms. The van der Waals surface area contributed by atoms with E-state index in [-0.39, 0.29) is 17.5 Å². The third-order valence-electron chi connectivity index (χ3n) is 7.26. The summed E-state index contributed by atoms with van der Waals surface area (Å²) in [5.74, 6) is 1.02. The van der Waals surface area contributed by atoms with Crippen molar-refractivity contribution < 1.29 is 19.1 Å². The molecule has 2 aliphatic carbocycles. The lowest BCUT2D eigenvalue weighted by molar-refractivity contribution is -0.117. The number of rotatable bonds is 6. The van der Waals surface area contributed by atoms with Gasteiger partial charge in [-0.15, -0.1) is 0 Å². The van der Waals surface area contributed by atoms with Crippen molar-refractivity contribution in [2.24, 2.45) is 0 Å². The molecular weight excluding hydrogens is 542 g/mol. The number of ketones is 2. The molecule has 0 N–H and O–H groups in total. The first-order chi connectivity index (χ1) is 17.4. The highest BCUT2D eigenvalue weighted by molar-refractivity contribution is 9.10. The lowest BCUT2D eigenvalue weighted by Gasteiger charge is -2.43. The number of benzene rings is 2. The van der Waals surface area contributed by atoms with E-state index in [4.69, 9.17) is 21.1 Å². The van der Waals surface area contributed by atoms with Crippen LogP contribution < -0.4 is 9.47 Å². The van der Waals surface area contributed by atoms with Gasteiger partial charge in [-0.3, -0.25) is 9.59 Å². The molecule has 188 valence electrons. The molecule has 3 aliphatic rings. The number of hydrogen-bond donors (Lipinski definition) is 0. The number of hydrogen-bond acceptors (Lipinski definition) is 5. The van der Waals surface area contributed by atoms with E-state index in [2.05, 4.69) is 27.8 Å². The molecule has 0 radical (unpaired) electrons. The molecule has 0 amide bonds. The molecule has 0 unspecified atom stereocenters. The fourth-order valence-electron chi connectivity index (χ4n) is 5.76. The first-order valence-electron chi connectivity index (χ1n) is 12.5. The fourth-order valence-corrected chi connectivity index (χ4v) is 6.55. The number of nitrogens with zero attached hydrogens (tertiary/aromatic N) is 1. The number of ether oxygens (including phenoxy) is 2. The second-order valence-electron chi connectivity index (χ2n) is 9.40. The van der Waals surface area contributed by atoms with E-state index in [1.54, 1.807) is 7.11 Å². The predicted octanol–water partition coefficient (Wildman–Crippen LogP) is 7.12. The van der Waals surface area contributed by atoms with E-state index in [0.29, 0.717) is 40.4 Å². The van der Waals surface area contributed by atoms with Gasteiger partial charge in [0.1, 0.15) is 6.61 Å². The van der Waals surface area contributed by atoms with Crippen molar-refractivity contribution in [3.8, 4) is 11.5 Å². The Morgan fingerprint density at radius 1 is 1.00 bits per heavy atom. The zero-order valence-corrected chi connectivity index (χ0v) is 22.9. The Labute approximate surface area is 225 Å². The van der Waals surface area contributed by atoms with Gasteiger partial charge < -0.3 is 14.4 Å². The van der Waals surface area contributed by atoms with Crippen LogP contribution in [0, 0.1) is 0 Å². The van der Waals surface area contributed by atoms with Crippen molar-refractivity contribution in [3.05, 3.63) is 79.6 Å². The van der Waals surface area contributed by atoms with Crippen molar-refractivity contribution >= 4 is 39.1 Å². The number of methoxy groups -OCH3 is 1. The average molecular weight is 571 g/mol. The normalized spacial score (nSPS) is 18.4. The van der Waals surface area contributed by atoms with Crippen LogP contribution in [0.15, 0.2) is 63.4 Å². The van der Waals surface area contributed by atoms with Gasteiger partial charge in [0.05, 0.1) is 11.6 Å². The van der Waals surface area contributed by atoms with Gasteiger partial charge in [-0.2, -0.15) is 0 Å². The lowest BCUT2D eigenvalue weighted by atomic mass is 9.71. The molecule has 0 bridgehead atoms. The van der Waals surface area contributed by atoms with Crippen molar-refractivity contribution in [2.45, 2.75) is 58.0 Å². The third-order valence-corrected chi connectivity index (χ3v) is 8.08. The van der Waals surface area contributed by atoms with Gasteiger partial charge in [0.2, 0.25) is 0 Å². The first-order valence-corrected chi connectivity index (χ1v) is 13.6. The highest BCUT2D eigenvalue weighted by Gasteiger charge is 2.43. The van der Waals surface area contributed by atoms with Crippen molar-refractivity contribution in [3.63, 3.8) is 0 Å². The van der Waals surface area contributed by atoms with E-state index in [0.717, 1.165) is 65.9 Å². The standard InChI is InChI=1S/C29H29BrClNO4/c1-3-32-21-9-5-11-23(33)27(21)26(28-22(32)10-6-12-24(28)34)18-14-20(30)29(25(15-18)35-2)36-16-17-7-4-8-19(31)13-17/h4,7-8,13-15,26H,3,5-6,9-12,16H2,1-2H3. The number of allylic oxidation sites excluding steroid dienone is 4. The monoisotopic (exact) mass is 569 g/mol. The highest BCUT2D eigenvalue weighted by atomic mass is 79.9. The molecule has 0 saturated heterocycles. The van der Waals surface area contributed by atoms with Crippen molar-refractivity contribution in [1.82, 2.24) is 4.90 Å². The van der Waals surface area contributed by atoms with Gasteiger partial charge in [-0.25, -0.2) is 0 Å². The minimum Gasteiger partial charge on any atom is -0.493 e. The second-order valence-corrected chi connectivity index (χ2v) is 10.7. The van der Waals surface area contributed by atoms with Gasteiger partial charge in [0.25, 0.3) is 0 Å². The summed E-state index contributed by atoms with van der Waals surface area (Å²) in [6, 6.07) is 11.4. The van der Waals surface area contributed by atoms with Gasteiger partial charge in [-0.05, 0) is 83.9 Å². The zero-order valence-electron chi connectivity index (χ0n) is 20.5. The number of carbonyl (C=O) groups excluding carboxylic acids is 2. The summed E-state index contributed by atoms with van der Waals surface area (Å²) in [7, 11) is 1.60. The largest absolute Gasteiger partial charge is 0.493 e. The van der Waals surface area contributed by atoms with Crippen LogP contribution in [-0.2, 0) is 16.2 Å². The Hall–Kier alpha value is -2.57. The minimum atomic E-state index is -0.384. The smallest absolute Gasteiger partial charge is 0.175 e. The summed E-state index contributed by atoms with van der Waals surface area (Å²) in [5, 5.41) is 0.651. The molecule has 0 fully saturated rings. The maximum Gasteiger partial charge on any atom is 0.175 e. The Bertz CT molecular complexity index is 1250. The quantitative estimate of drug-likeness (QED) is 0.370. The Balaban J connectivity index is 1.59. The minimum absolute atomic E-state index is 0.140. The van der Waals surface area contributed by atoms with E-state index >= 15 is 0 Å². The lowest BCUT2D eigenvalue weighted by Crippen LogP contribution is -2.39. The molecule has 0 aromatic heterocycles. The van der Waals surface area contributed by atoms with Crippen LogP contribution >= 0.6 is 27.5 Å². The van der Waals surface area contributed by atoms with Crippen LogP contribution in [0.4, 0.5) is 0 Å². The maximum absolute atomic E-state index is 13.4. The fraction of sp³-hybridized carbons (Fsp3) is 0.379. The van der Waals surface area contributed by atoms with Crippen LogP contribution in [0.3, 0.4) is 0 Å². The van der Waals surface area contributed by atoms with Gasteiger partial charge in [0.15, 0.2) is 23.1 Å². The number of carbonyl (C=O) groups is 2. The molecule has 2 aromatic rings. The van der Waals surface area contributed by atoms with Crippen molar-refractivity contribution in [1.29, 1.82) is 0 Å². The van der Waals surface area contributed by atoms with E-state index < -0.39 is 0 Å². The summed E-state index contributed by atoms with van der Waals surface area (Å²) in [4.78, 5) is 28.9. The second kappa shape index (κ2) is 10.4. The number of halogens is 2. The van der Waals surface area contributed by atoms with E-state index in [1.807, 2.05) is 36.4 Å². The summed E-state index contributed by atoms with van der Waals surface area (Å²) in [6.45, 7) is 3.18. The Kier molecular flexibility index (Phi) is 7.27. The van der Waals surface area contributed by atoms with Gasteiger partial charge >= 0.3 is 0 Å². The first kappa shape index (κ1) is 25.1. The zero-order chi connectivity index (χ0) is 25.4. The molecule has 1 heterocycles. The topological polar surface area (TPSA) is 55.8 Å². The highest BCUT2D eigenvalue weighted by Crippen LogP contribution is 2.51. The van der Waals surface area contributed by atoms with Crippen molar-refractivity contribution in [2.75, 3.05) is 13.7 Å². The van der Waals surface area contributed by atoms with E-state index in [1.165, 1.54) is 0 Å². The van der Waals surface area contributed by atoms with Gasteiger partial charge in [0, 0.05) is 52.9 Å². The molecule has 2 aromatic carbocycles. The average Bonchev–Trinajstić information content (AvgIpc) is 2.86. The van der Waals surface area contributed by atoms with Crippen LogP contribution in [0.25, 0.3) is 0 Å². The molecule has 0 saturated carbocycles. The van der Waals surface area contributed by atoms with Gasteiger partial charge in [-0.1, -0.05) is 23.7 Å². The van der Waals surface area contributed by atoms with Crippen LogP contribution in [0.2, 0.25) is 5.02 Å². The molecule has 0 atom stereocenters. The Morgan fingerprint density at radius 2 is 1.67 bits per heavy atom. The Morgan fingerprint density at radius 3 is 2.25 bits per heavy atom. The molecule has 7 heteroatoms. The molecule has 0 spiro atoms. The van der Waals surface area contributed by atoms with Crippen LogP contribution in [0.1, 0.15) is 62.5 Å². The molecule has 5 rings (SSSR count). The summed E-state index contributed by atoms with van der Waals surface area (Å²) >= 11 is 9.80. The third kappa shape index (κ3) is 4.50. The summed E-state index contributed by atoms with van der Waals surface area (Å²) < 4.78 is 12.6. The molecule has 5 nitrogen and oxygen atoms in total. The summed E-state index contributed by atoms with van der Waals surface area (Å²) in [5.41, 5.74) is 5.54.